The number of unbranched alkanes of at least 4 members (excludes halogenated alkanes) is 5. The summed E-state index contributed by atoms with van der Waals surface area (Å²) >= 11 is 0. The number of benzene rings is 4. The average Bonchev–Trinajstić information content (AvgIpc) is 3.03. The minimum absolute atomic E-state index is 0.987. The molecule has 1 heterocycles. The third-order valence-corrected chi connectivity index (χ3v) is 7.34. The summed E-state index contributed by atoms with van der Waals surface area (Å²) in [6.45, 7) is 3.27. The van der Waals surface area contributed by atoms with Gasteiger partial charge in [-0.1, -0.05) is 130 Å². The van der Waals surface area contributed by atoms with Crippen molar-refractivity contribution in [1.29, 1.82) is 0 Å². The van der Waals surface area contributed by atoms with Crippen molar-refractivity contribution in [2.24, 2.45) is 0 Å². The number of hydrogen-bond donors (Lipinski definition) is 0. The van der Waals surface area contributed by atoms with Gasteiger partial charge in [-0.2, -0.15) is 4.57 Å². The van der Waals surface area contributed by atoms with Crippen LogP contribution in [0.5, 0.6) is 0 Å². The largest absolute Gasteiger partial charge is 0.673 e. The number of rotatable bonds is 11. The van der Waals surface area contributed by atoms with Crippen molar-refractivity contribution in [2.45, 2.75) is 52.0 Å². The molecular formula is C37H38BF4N. The maximum atomic E-state index is 9.75. The molecule has 0 spiro atoms. The van der Waals surface area contributed by atoms with Crippen LogP contribution in [-0.2, 0) is 6.54 Å². The summed E-state index contributed by atoms with van der Waals surface area (Å²) in [5, 5.41) is 0. The van der Waals surface area contributed by atoms with Crippen molar-refractivity contribution < 1.29 is 21.8 Å². The lowest BCUT2D eigenvalue weighted by atomic mass is 9.91. The minimum Gasteiger partial charge on any atom is -0.418 e. The van der Waals surface area contributed by atoms with Gasteiger partial charge in [0.15, 0.2) is 0 Å². The van der Waals surface area contributed by atoms with Crippen LogP contribution < -0.4 is 4.57 Å². The lowest BCUT2D eigenvalue weighted by Crippen LogP contribution is -2.40. The number of aromatic nitrogens is 1. The van der Waals surface area contributed by atoms with E-state index in [1.807, 2.05) is 0 Å². The highest BCUT2D eigenvalue weighted by Gasteiger charge is 2.29. The lowest BCUT2D eigenvalue weighted by Gasteiger charge is -2.18. The molecule has 43 heavy (non-hydrogen) atoms. The van der Waals surface area contributed by atoms with Crippen LogP contribution in [0.1, 0.15) is 45.4 Å². The summed E-state index contributed by atoms with van der Waals surface area (Å²) in [6.07, 6.45) is 7.67. The molecule has 0 unspecified atom stereocenters. The fourth-order valence-corrected chi connectivity index (χ4v) is 5.45. The molecule has 1 nitrogen and oxygen atoms in total. The predicted octanol–water partition coefficient (Wildman–Crippen LogP) is 11.3. The molecule has 0 aliphatic rings. The Labute approximate surface area is 253 Å². The summed E-state index contributed by atoms with van der Waals surface area (Å²) in [7, 11) is -6.00. The highest BCUT2D eigenvalue weighted by atomic mass is 19.5. The molecular weight excluding hydrogens is 545 g/mol. The SMILES string of the molecule is CCCCCCCC[n+]1c(-c2ccccc2)c(-c2ccccc2)cc(-c2ccccc2)c1-c1ccccc1.F[B-](F)(F)F. The maximum absolute atomic E-state index is 9.75. The molecule has 0 saturated carbocycles. The molecule has 0 saturated heterocycles. The summed E-state index contributed by atoms with van der Waals surface area (Å²) in [5.41, 5.74) is 10.2. The van der Waals surface area contributed by atoms with Gasteiger partial charge in [-0.3, -0.25) is 0 Å². The van der Waals surface area contributed by atoms with E-state index in [0.29, 0.717) is 0 Å². The molecule has 0 N–H and O–H groups in total. The van der Waals surface area contributed by atoms with Gasteiger partial charge in [0.2, 0.25) is 11.4 Å². The van der Waals surface area contributed by atoms with Crippen molar-refractivity contribution >= 4 is 7.25 Å². The molecule has 5 aromatic rings. The highest BCUT2D eigenvalue weighted by Crippen LogP contribution is 2.38. The van der Waals surface area contributed by atoms with Gasteiger partial charge in [0, 0.05) is 17.5 Å². The van der Waals surface area contributed by atoms with Gasteiger partial charge in [0.25, 0.3) is 0 Å². The first-order valence-electron chi connectivity index (χ1n) is 15.1. The molecule has 0 aliphatic carbocycles. The smallest absolute Gasteiger partial charge is 0.418 e. The molecule has 0 atom stereocenters. The third kappa shape index (κ3) is 9.41. The quantitative estimate of drug-likeness (QED) is 0.0630. The van der Waals surface area contributed by atoms with Crippen molar-refractivity contribution in [3.8, 4) is 44.8 Å². The Morgan fingerprint density at radius 2 is 0.791 bits per heavy atom. The van der Waals surface area contributed by atoms with Crippen LogP contribution in [0.3, 0.4) is 0 Å². The first-order valence-corrected chi connectivity index (χ1v) is 15.1. The second-order valence-corrected chi connectivity index (χ2v) is 10.5. The third-order valence-electron chi connectivity index (χ3n) is 7.34. The molecule has 0 aliphatic heterocycles. The van der Waals surface area contributed by atoms with Crippen LogP contribution in [0.2, 0.25) is 0 Å². The maximum Gasteiger partial charge on any atom is 0.673 e. The van der Waals surface area contributed by atoms with E-state index in [2.05, 4.69) is 139 Å². The molecule has 1 aromatic heterocycles. The Hall–Kier alpha value is -4.19. The zero-order valence-corrected chi connectivity index (χ0v) is 24.6. The Morgan fingerprint density at radius 3 is 1.16 bits per heavy atom. The molecule has 5 rings (SSSR count). The summed E-state index contributed by atoms with van der Waals surface area (Å²) in [6, 6.07) is 46.1. The molecule has 6 heteroatoms. The first kappa shape index (κ1) is 31.7. The minimum atomic E-state index is -6.00. The van der Waals surface area contributed by atoms with Gasteiger partial charge in [0.05, 0.1) is 11.1 Å². The lowest BCUT2D eigenvalue weighted by molar-refractivity contribution is -0.675. The standard InChI is InChI=1S/C37H38N.BF4/c1-2-3-4-5-6-19-28-38-36(32-24-15-9-16-25-32)34(30-20-11-7-12-21-30)29-35(31-22-13-8-14-23-31)37(38)33-26-17-10-18-27-33;2-1(3,4)5/h7-18,20-27,29H,2-6,19,28H2,1H3;/q+1;-1. The van der Waals surface area contributed by atoms with E-state index in [4.69, 9.17) is 0 Å². The van der Waals surface area contributed by atoms with Gasteiger partial charge in [-0.25, -0.2) is 0 Å². The van der Waals surface area contributed by atoms with Gasteiger partial charge in [0.1, 0.15) is 6.54 Å². The van der Waals surface area contributed by atoms with Crippen molar-refractivity contribution in [1.82, 2.24) is 0 Å². The van der Waals surface area contributed by atoms with E-state index in [-0.39, 0.29) is 0 Å². The van der Waals surface area contributed by atoms with Gasteiger partial charge >= 0.3 is 7.25 Å². The van der Waals surface area contributed by atoms with Crippen LogP contribution in [-0.4, -0.2) is 7.25 Å². The number of hydrogen-bond acceptors (Lipinski definition) is 0. The predicted molar refractivity (Wildman–Crippen MR) is 172 cm³/mol. The van der Waals surface area contributed by atoms with Crippen molar-refractivity contribution in [3.63, 3.8) is 0 Å². The monoisotopic (exact) mass is 583 g/mol. The topological polar surface area (TPSA) is 3.88 Å². The number of pyridine rings is 1. The van der Waals surface area contributed by atoms with Crippen LogP contribution >= 0.6 is 0 Å². The van der Waals surface area contributed by atoms with Crippen molar-refractivity contribution in [2.75, 3.05) is 0 Å². The molecule has 222 valence electrons. The zero-order valence-electron chi connectivity index (χ0n) is 24.6. The molecule has 0 radical (unpaired) electrons. The van der Waals surface area contributed by atoms with E-state index >= 15 is 0 Å². The second kappa shape index (κ2) is 15.9. The van der Waals surface area contributed by atoms with Gasteiger partial charge in [-0.15, -0.1) is 0 Å². The van der Waals surface area contributed by atoms with Gasteiger partial charge in [-0.05, 0) is 47.9 Å². The summed E-state index contributed by atoms with van der Waals surface area (Å²) < 4.78 is 41.6. The fraction of sp³-hybridized carbons (Fsp3) is 0.216. The van der Waals surface area contributed by atoms with E-state index in [1.54, 1.807) is 0 Å². The molecule has 0 amide bonds. The van der Waals surface area contributed by atoms with Crippen LogP contribution in [0.25, 0.3) is 44.8 Å². The summed E-state index contributed by atoms with van der Waals surface area (Å²) in [4.78, 5) is 0. The normalized spacial score (nSPS) is 11.1. The average molecular weight is 584 g/mol. The van der Waals surface area contributed by atoms with Crippen LogP contribution in [0.4, 0.5) is 17.3 Å². The Kier molecular flexibility index (Phi) is 11.7. The van der Waals surface area contributed by atoms with E-state index < -0.39 is 7.25 Å². The highest BCUT2D eigenvalue weighted by molar-refractivity contribution is 6.50. The van der Waals surface area contributed by atoms with Crippen LogP contribution in [0.15, 0.2) is 127 Å². The number of halogens is 4. The fourth-order valence-electron chi connectivity index (χ4n) is 5.45. The van der Waals surface area contributed by atoms with E-state index in [1.165, 1.54) is 83.3 Å². The molecule has 4 aromatic carbocycles. The zero-order chi connectivity index (χ0) is 30.5. The van der Waals surface area contributed by atoms with Crippen molar-refractivity contribution in [3.05, 3.63) is 127 Å². The Balaban J connectivity index is 0.000000782. The molecule has 0 bridgehead atoms. The Morgan fingerprint density at radius 1 is 0.465 bits per heavy atom. The summed E-state index contributed by atoms with van der Waals surface area (Å²) in [5.74, 6) is 0. The van der Waals surface area contributed by atoms with Gasteiger partial charge < -0.3 is 17.3 Å². The second-order valence-electron chi connectivity index (χ2n) is 10.5. The number of nitrogens with zero attached hydrogens (tertiary/aromatic N) is 1. The molecule has 0 fully saturated rings. The van der Waals surface area contributed by atoms with E-state index in [0.717, 1.165) is 6.54 Å². The van der Waals surface area contributed by atoms with Crippen LogP contribution in [0, 0.1) is 0 Å². The first-order chi connectivity index (χ1) is 20.9. The van der Waals surface area contributed by atoms with E-state index in [9.17, 15) is 17.3 Å². The Bertz CT molecular complexity index is 1420.